The minimum absolute atomic E-state index is 0.00127. The Morgan fingerprint density at radius 3 is 2.58 bits per heavy atom. The highest BCUT2D eigenvalue weighted by Gasteiger charge is 2.35. The zero-order chi connectivity index (χ0) is 29.1. The van der Waals surface area contributed by atoms with Crippen molar-refractivity contribution in [2.24, 2.45) is 11.8 Å². The van der Waals surface area contributed by atoms with Gasteiger partial charge in [0.25, 0.3) is 5.91 Å². The highest BCUT2D eigenvalue weighted by molar-refractivity contribution is 5.98. The quantitative estimate of drug-likeness (QED) is 0.322. The molecule has 1 saturated heterocycles. The Bertz CT molecular complexity index is 1120. The number of esters is 2. The molecule has 4 unspecified atom stereocenters. The highest BCUT2D eigenvalue weighted by Crippen LogP contribution is 2.31. The van der Waals surface area contributed by atoms with E-state index in [9.17, 15) is 14.4 Å². The van der Waals surface area contributed by atoms with Crippen molar-refractivity contribution in [3.05, 3.63) is 53.9 Å². The average molecular weight is 557 g/mol. The van der Waals surface area contributed by atoms with Crippen molar-refractivity contribution in [2.75, 3.05) is 20.5 Å². The molecule has 2 heterocycles. The van der Waals surface area contributed by atoms with Gasteiger partial charge in [-0.15, -0.1) is 0 Å². The van der Waals surface area contributed by atoms with Gasteiger partial charge in [0, 0.05) is 25.8 Å². The number of nitrogens with one attached hydrogen (secondary N) is 1. The molecule has 0 aliphatic carbocycles. The molecule has 1 fully saturated rings. The van der Waals surface area contributed by atoms with Gasteiger partial charge in [-0.1, -0.05) is 50.6 Å². The number of benzene rings is 1. The van der Waals surface area contributed by atoms with Crippen LogP contribution in [0.5, 0.6) is 11.5 Å². The molecule has 218 valence electrons. The van der Waals surface area contributed by atoms with Crippen molar-refractivity contribution < 1.29 is 38.1 Å². The Kier molecular flexibility index (Phi) is 11.7. The van der Waals surface area contributed by atoms with Crippen molar-refractivity contribution in [3.63, 3.8) is 0 Å². The van der Waals surface area contributed by atoms with Crippen molar-refractivity contribution in [1.29, 1.82) is 0 Å². The van der Waals surface area contributed by atoms with Gasteiger partial charge in [-0.2, -0.15) is 0 Å². The van der Waals surface area contributed by atoms with Crippen molar-refractivity contribution in [3.8, 4) is 11.5 Å². The highest BCUT2D eigenvalue weighted by atomic mass is 16.7. The third-order valence-corrected chi connectivity index (χ3v) is 6.62. The third kappa shape index (κ3) is 8.94. The van der Waals surface area contributed by atoms with E-state index in [4.69, 9.17) is 23.7 Å². The van der Waals surface area contributed by atoms with Crippen LogP contribution in [0.4, 0.5) is 0 Å². The molecule has 10 heteroatoms. The number of rotatable bonds is 11. The Hall–Kier alpha value is -3.66. The Balaban J connectivity index is 1.78. The number of hydrogen-bond acceptors (Lipinski definition) is 9. The van der Waals surface area contributed by atoms with E-state index >= 15 is 0 Å². The number of cyclic esters (lactones) is 1. The van der Waals surface area contributed by atoms with Gasteiger partial charge in [0.1, 0.15) is 12.1 Å². The molecule has 1 N–H and O–H groups in total. The zero-order valence-electron chi connectivity index (χ0n) is 23.9. The van der Waals surface area contributed by atoms with Gasteiger partial charge in [0.2, 0.25) is 6.79 Å². The van der Waals surface area contributed by atoms with E-state index in [0.717, 1.165) is 12.8 Å². The molecule has 1 aromatic heterocycles. The summed E-state index contributed by atoms with van der Waals surface area (Å²) in [6.07, 6.45) is 3.22. The lowest BCUT2D eigenvalue weighted by Crippen LogP contribution is -2.45. The number of nitrogens with zero attached hydrogens (tertiary/aromatic N) is 1. The van der Waals surface area contributed by atoms with Crippen LogP contribution in [0, 0.1) is 11.8 Å². The summed E-state index contributed by atoms with van der Waals surface area (Å²) in [5.41, 5.74) is 1.09. The first-order chi connectivity index (χ1) is 19.2. The normalized spacial score (nSPS) is 21.4. The fourth-order valence-corrected chi connectivity index (χ4v) is 4.71. The van der Waals surface area contributed by atoms with Crippen molar-refractivity contribution >= 4 is 17.8 Å². The molecule has 4 atom stereocenters. The first-order valence-corrected chi connectivity index (χ1v) is 13.7. The number of pyridine rings is 1. The monoisotopic (exact) mass is 556 g/mol. The molecule has 40 heavy (non-hydrogen) atoms. The van der Waals surface area contributed by atoms with Gasteiger partial charge in [-0.05, 0) is 43.6 Å². The predicted molar refractivity (Wildman–Crippen MR) is 147 cm³/mol. The summed E-state index contributed by atoms with van der Waals surface area (Å²) in [7, 11) is 1.41. The molecule has 0 radical (unpaired) electrons. The fourth-order valence-electron chi connectivity index (χ4n) is 4.71. The first-order valence-electron chi connectivity index (χ1n) is 13.7. The lowest BCUT2D eigenvalue weighted by Gasteiger charge is -2.32. The Labute approximate surface area is 235 Å². The van der Waals surface area contributed by atoms with Crippen molar-refractivity contribution in [1.82, 2.24) is 10.3 Å². The van der Waals surface area contributed by atoms with Gasteiger partial charge < -0.3 is 29.0 Å². The lowest BCUT2D eigenvalue weighted by molar-refractivity contribution is -0.161. The van der Waals surface area contributed by atoms with Crippen LogP contribution in [0.1, 0.15) is 63.0 Å². The van der Waals surface area contributed by atoms with Crippen LogP contribution in [0.3, 0.4) is 0 Å². The van der Waals surface area contributed by atoms with Crippen LogP contribution in [0.25, 0.3) is 0 Å². The summed E-state index contributed by atoms with van der Waals surface area (Å²) < 4.78 is 27.8. The largest absolute Gasteiger partial charge is 0.493 e. The van der Waals surface area contributed by atoms with E-state index in [-0.39, 0.29) is 29.2 Å². The number of amides is 1. The number of aromatic nitrogens is 1. The minimum Gasteiger partial charge on any atom is -0.493 e. The molecule has 1 aliphatic heterocycles. The van der Waals surface area contributed by atoms with Crippen LogP contribution < -0.4 is 14.8 Å². The number of ether oxygens (including phenoxy) is 5. The van der Waals surface area contributed by atoms with E-state index in [1.807, 2.05) is 25.1 Å². The molecule has 1 amide bonds. The molecular weight excluding hydrogens is 516 g/mol. The maximum atomic E-state index is 13.3. The van der Waals surface area contributed by atoms with Gasteiger partial charge in [-0.25, -0.2) is 9.78 Å². The number of methoxy groups -OCH3 is 1. The molecule has 0 saturated carbocycles. The van der Waals surface area contributed by atoms with Crippen LogP contribution in [0.15, 0.2) is 42.6 Å². The molecule has 1 aromatic carbocycles. The summed E-state index contributed by atoms with van der Waals surface area (Å²) in [6.45, 7) is 7.37. The summed E-state index contributed by atoms with van der Waals surface area (Å²) in [5.74, 6) is -1.04. The van der Waals surface area contributed by atoms with E-state index < -0.39 is 36.8 Å². The fraction of sp³-hybridized carbons (Fsp3) is 0.533. The van der Waals surface area contributed by atoms with E-state index in [1.165, 1.54) is 31.9 Å². The van der Waals surface area contributed by atoms with Gasteiger partial charge in [0.15, 0.2) is 17.2 Å². The van der Waals surface area contributed by atoms with Crippen LogP contribution in [-0.2, 0) is 30.2 Å². The second-order valence-electron chi connectivity index (χ2n) is 10.3. The van der Waals surface area contributed by atoms with Crippen molar-refractivity contribution in [2.45, 2.75) is 71.6 Å². The molecule has 2 aromatic rings. The Morgan fingerprint density at radius 1 is 1.15 bits per heavy atom. The van der Waals surface area contributed by atoms with Gasteiger partial charge >= 0.3 is 11.9 Å². The Morgan fingerprint density at radius 2 is 1.90 bits per heavy atom. The molecule has 3 rings (SSSR count). The van der Waals surface area contributed by atoms with E-state index in [0.29, 0.717) is 25.4 Å². The summed E-state index contributed by atoms with van der Waals surface area (Å²) >= 11 is 0. The van der Waals surface area contributed by atoms with Crippen LogP contribution >= 0.6 is 0 Å². The molecule has 0 bridgehead atoms. The number of carbonyl (C=O) groups is 3. The van der Waals surface area contributed by atoms with Crippen LogP contribution in [-0.4, -0.2) is 61.6 Å². The zero-order valence-corrected chi connectivity index (χ0v) is 23.9. The lowest BCUT2D eigenvalue weighted by atomic mass is 9.86. The molecule has 10 nitrogen and oxygen atoms in total. The number of hydrogen-bond donors (Lipinski definition) is 1. The maximum Gasteiger partial charge on any atom is 0.329 e. The summed E-state index contributed by atoms with van der Waals surface area (Å²) in [5, 5.41) is 2.76. The molecular formula is C30H40N2O8. The second-order valence-corrected chi connectivity index (χ2v) is 10.3. The summed E-state index contributed by atoms with van der Waals surface area (Å²) in [4.78, 5) is 41.9. The molecule has 0 spiro atoms. The minimum atomic E-state index is -0.898. The summed E-state index contributed by atoms with van der Waals surface area (Å²) in [6, 6.07) is 10.8. The SMILES string of the molecule is COc1ccnc(C(=O)NC2CCCC(Cc3ccccc3)C(OCC(C)C)C(C)OC2=O)c1OCOC(C)=O. The smallest absolute Gasteiger partial charge is 0.329 e. The van der Waals surface area contributed by atoms with E-state index in [2.05, 4.69) is 36.3 Å². The standard InChI is InChI=1S/C30H40N2O8/c1-19(2)17-37-27-20(3)40-30(35)24(13-9-12-23(27)16-22-10-7-6-8-11-22)32-29(34)26-28(39-18-38-21(4)33)25(36-5)14-15-31-26/h6-8,10-11,14-15,19-20,23-24,27H,9,12-13,16-18H2,1-5H3,(H,32,34). The maximum absolute atomic E-state index is 13.3. The van der Waals surface area contributed by atoms with E-state index in [1.54, 1.807) is 0 Å². The second kappa shape index (κ2) is 15.2. The van der Waals surface area contributed by atoms with Gasteiger partial charge in [-0.3, -0.25) is 9.59 Å². The number of carbonyl (C=O) groups excluding carboxylic acids is 3. The third-order valence-electron chi connectivity index (χ3n) is 6.62. The predicted octanol–water partition coefficient (Wildman–Crippen LogP) is 4.10. The van der Waals surface area contributed by atoms with Crippen LogP contribution in [0.2, 0.25) is 0 Å². The average Bonchev–Trinajstić information content (AvgIpc) is 2.96. The topological polar surface area (TPSA) is 122 Å². The molecule has 1 aliphatic rings. The first kappa shape index (κ1) is 30.9. The van der Waals surface area contributed by atoms with Gasteiger partial charge in [0.05, 0.1) is 13.2 Å².